The van der Waals surface area contributed by atoms with Gasteiger partial charge in [0.05, 0.1) is 30.9 Å². The van der Waals surface area contributed by atoms with E-state index in [0.29, 0.717) is 13.2 Å². The molecule has 2 aliphatic rings. The van der Waals surface area contributed by atoms with E-state index in [1.165, 1.54) is 12.8 Å². The van der Waals surface area contributed by atoms with E-state index in [4.69, 9.17) is 4.74 Å². The molecule has 1 aromatic carbocycles. The van der Waals surface area contributed by atoms with Crippen molar-refractivity contribution in [2.24, 2.45) is 5.92 Å². The van der Waals surface area contributed by atoms with Crippen molar-refractivity contribution in [3.05, 3.63) is 53.6 Å². The van der Waals surface area contributed by atoms with Gasteiger partial charge in [-0.25, -0.2) is 4.98 Å². The van der Waals surface area contributed by atoms with Crippen LogP contribution in [0.1, 0.15) is 34.6 Å². The van der Waals surface area contributed by atoms with Crippen molar-refractivity contribution in [3.8, 4) is 0 Å². The minimum atomic E-state index is 0.0860. The number of hydrogen-bond acceptors (Lipinski definition) is 3. The van der Waals surface area contributed by atoms with Crippen LogP contribution in [0.15, 0.2) is 36.7 Å². The number of aromatic nitrogens is 2. The van der Waals surface area contributed by atoms with Gasteiger partial charge in [-0.3, -0.25) is 4.79 Å². The summed E-state index contributed by atoms with van der Waals surface area (Å²) in [5.74, 6) is 0.840. The second kappa shape index (κ2) is 6.16. The van der Waals surface area contributed by atoms with Gasteiger partial charge in [-0.15, -0.1) is 0 Å². The van der Waals surface area contributed by atoms with E-state index in [9.17, 15) is 4.79 Å². The normalized spacial score (nSPS) is 17.1. The first-order valence-electron chi connectivity index (χ1n) is 8.26. The molecule has 0 bridgehead atoms. The van der Waals surface area contributed by atoms with Gasteiger partial charge in [0.1, 0.15) is 0 Å². The smallest absolute Gasteiger partial charge is 0.254 e. The molecule has 0 radical (unpaired) electrons. The van der Waals surface area contributed by atoms with Gasteiger partial charge in [0, 0.05) is 25.3 Å². The second-order valence-electron chi connectivity index (χ2n) is 6.38. The number of imidazole rings is 1. The molecule has 1 amide bonds. The molecule has 0 spiro atoms. The molecular formula is C18H21N3O2. The first kappa shape index (κ1) is 14.5. The molecule has 23 heavy (non-hydrogen) atoms. The molecule has 1 aliphatic heterocycles. The standard InChI is InChI=1S/C18H21N3O2/c22-18(15-4-2-1-3-5-15)20-8-9-21-13-19-16(17(21)10-20)12-23-11-14-6-7-14/h1-5,13-14H,6-12H2. The molecule has 1 saturated carbocycles. The van der Waals surface area contributed by atoms with Crippen molar-refractivity contribution in [2.45, 2.75) is 32.5 Å². The van der Waals surface area contributed by atoms with E-state index in [0.717, 1.165) is 42.6 Å². The maximum absolute atomic E-state index is 12.6. The molecular weight excluding hydrogens is 290 g/mol. The van der Waals surface area contributed by atoms with Crippen LogP contribution in [0.5, 0.6) is 0 Å². The Morgan fingerprint density at radius 3 is 2.83 bits per heavy atom. The van der Waals surface area contributed by atoms with Crippen molar-refractivity contribution in [3.63, 3.8) is 0 Å². The first-order chi connectivity index (χ1) is 11.3. The van der Waals surface area contributed by atoms with Crippen molar-refractivity contribution in [1.29, 1.82) is 0 Å². The Morgan fingerprint density at radius 1 is 1.22 bits per heavy atom. The van der Waals surface area contributed by atoms with E-state index in [1.807, 2.05) is 41.6 Å². The Kier molecular flexibility index (Phi) is 3.87. The largest absolute Gasteiger partial charge is 0.375 e. The lowest BCUT2D eigenvalue weighted by molar-refractivity contribution is 0.0704. The monoisotopic (exact) mass is 311 g/mol. The summed E-state index contributed by atoms with van der Waals surface area (Å²) < 4.78 is 7.91. The van der Waals surface area contributed by atoms with Gasteiger partial charge in [0.15, 0.2) is 0 Å². The lowest BCUT2D eigenvalue weighted by Crippen LogP contribution is -2.38. The Morgan fingerprint density at radius 2 is 2.04 bits per heavy atom. The molecule has 0 N–H and O–H groups in total. The van der Waals surface area contributed by atoms with E-state index in [-0.39, 0.29) is 5.91 Å². The molecule has 5 nitrogen and oxygen atoms in total. The van der Waals surface area contributed by atoms with Crippen LogP contribution >= 0.6 is 0 Å². The molecule has 1 aromatic heterocycles. The van der Waals surface area contributed by atoms with Gasteiger partial charge < -0.3 is 14.2 Å². The number of nitrogens with zero attached hydrogens (tertiary/aromatic N) is 3. The Balaban J connectivity index is 1.45. The summed E-state index contributed by atoms with van der Waals surface area (Å²) >= 11 is 0. The minimum Gasteiger partial charge on any atom is -0.375 e. The molecule has 5 heteroatoms. The highest BCUT2D eigenvalue weighted by molar-refractivity contribution is 5.94. The zero-order valence-corrected chi connectivity index (χ0v) is 13.1. The van der Waals surface area contributed by atoms with E-state index in [1.54, 1.807) is 0 Å². The summed E-state index contributed by atoms with van der Waals surface area (Å²) in [7, 11) is 0. The number of fused-ring (bicyclic) bond motifs is 1. The Labute approximate surface area is 135 Å². The van der Waals surface area contributed by atoms with Crippen LogP contribution in [0.2, 0.25) is 0 Å². The van der Waals surface area contributed by atoms with E-state index >= 15 is 0 Å². The lowest BCUT2D eigenvalue weighted by Gasteiger charge is -2.29. The van der Waals surface area contributed by atoms with E-state index < -0.39 is 0 Å². The van der Waals surface area contributed by atoms with Crippen LogP contribution in [-0.2, 0) is 24.4 Å². The fourth-order valence-corrected chi connectivity index (χ4v) is 2.98. The fourth-order valence-electron chi connectivity index (χ4n) is 2.98. The number of rotatable bonds is 5. The highest BCUT2D eigenvalue weighted by Crippen LogP contribution is 2.29. The molecule has 2 aromatic rings. The summed E-state index contributed by atoms with van der Waals surface area (Å²) in [6, 6.07) is 9.47. The number of carbonyl (C=O) groups is 1. The van der Waals surface area contributed by atoms with Gasteiger partial charge in [-0.1, -0.05) is 18.2 Å². The molecule has 0 unspecified atom stereocenters. The number of ether oxygens (including phenoxy) is 1. The molecule has 120 valence electrons. The summed E-state index contributed by atoms with van der Waals surface area (Å²) in [5, 5.41) is 0. The highest BCUT2D eigenvalue weighted by atomic mass is 16.5. The number of amides is 1. The average Bonchev–Trinajstić information content (AvgIpc) is 3.34. The van der Waals surface area contributed by atoms with Crippen molar-refractivity contribution in [2.75, 3.05) is 13.2 Å². The molecule has 1 aliphatic carbocycles. The van der Waals surface area contributed by atoms with Crippen LogP contribution in [-0.4, -0.2) is 33.5 Å². The average molecular weight is 311 g/mol. The number of benzene rings is 1. The quantitative estimate of drug-likeness (QED) is 0.852. The topological polar surface area (TPSA) is 47.4 Å². The van der Waals surface area contributed by atoms with Crippen LogP contribution in [0.4, 0.5) is 0 Å². The number of carbonyl (C=O) groups excluding carboxylic acids is 1. The maximum atomic E-state index is 12.6. The lowest BCUT2D eigenvalue weighted by atomic mass is 10.1. The molecule has 4 rings (SSSR count). The van der Waals surface area contributed by atoms with Gasteiger partial charge in [-0.2, -0.15) is 0 Å². The van der Waals surface area contributed by atoms with Crippen LogP contribution < -0.4 is 0 Å². The maximum Gasteiger partial charge on any atom is 0.254 e. The van der Waals surface area contributed by atoms with Gasteiger partial charge in [0.25, 0.3) is 5.91 Å². The van der Waals surface area contributed by atoms with Crippen LogP contribution in [0.3, 0.4) is 0 Å². The van der Waals surface area contributed by atoms with E-state index in [2.05, 4.69) is 9.55 Å². The van der Waals surface area contributed by atoms with Crippen molar-refractivity contribution >= 4 is 5.91 Å². The van der Waals surface area contributed by atoms with Gasteiger partial charge in [-0.05, 0) is 30.9 Å². The Hall–Kier alpha value is -2.14. The number of hydrogen-bond donors (Lipinski definition) is 0. The zero-order chi connectivity index (χ0) is 15.6. The van der Waals surface area contributed by atoms with Crippen molar-refractivity contribution < 1.29 is 9.53 Å². The molecule has 1 fully saturated rings. The predicted molar refractivity (Wildman–Crippen MR) is 85.8 cm³/mol. The van der Waals surface area contributed by atoms with Gasteiger partial charge >= 0.3 is 0 Å². The van der Waals surface area contributed by atoms with Crippen LogP contribution in [0.25, 0.3) is 0 Å². The zero-order valence-electron chi connectivity index (χ0n) is 13.1. The third-order valence-corrected chi connectivity index (χ3v) is 4.58. The fraction of sp³-hybridized carbons (Fsp3) is 0.444. The summed E-state index contributed by atoms with van der Waals surface area (Å²) in [5.41, 5.74) is 2.82. The summed E-state index contributed by atoms with van der Waals surface area (Å²) in [4.78, 5) is 19.0. The molecule has 0 atom stereocenters. The van der Waals surface area contributed by atoms with Gasteiger partial charge in [0.2, 0.25) is 0 Å². The summed E-state index contributed by atoms with van der Waals surface area (Å²) in [6.07, 6.45) is 4.46. The Bertz CT molecular complexity index is 692. The first-order valence-corrected chi connectivity index (χ1v) is 8.26. The highest BCUT2D eigenvalue weighted by Gasteiger charge is 2.25. The third-order valence-electron chi connectivity index (χ3n) is 4.58. The minimum absolute atomic E-state index is 0.0860. The second-order valence-corrected chi connectivity index (χ2v) is 6.38. The third kappa shape index (κ3) is 3.15. The molecule has 2 heterocycles. The SMILES string of the molecule is O=C(c1ccccc1)N1CCn2cnc(COCC3CC3)c2C1. The van der Waals surface area contributed by atoms with Crippen LogP contribution in [0, 0.1) is 5.92 Å². The van der Waals surface area contributed by atoms with Crippen molar-refractivity contribution in [1.82, 2.24) is 14.5 Å². The predicted octanol–water partition coefficient (Wildman–Crippen LogP) is 2.47. The molecule has 0 saturated heterocycles. The summed E-state index contributed by atoms with van der Waals surface area (Å²) in [6.45, 7) is 3.50.